The van der Waals surface area contributed by atoms with Crippen LogP contribution in [-0.2, 0) is 19.5 Å². The van der Waals surface area contributed by atoms with Gasteiger partial charge in [-0.15, -0.1) is 11.3 Å². The van der Waals surface area contributed by atoms with Gasteiger partial charge in [-0.3, -0.25) is 15.0 Å². The predicted molar refractivity (Wildman–Crippen MR) is 118 cm³/mol. The number of hydrogen-bond donors (Lipinski definition) is 1. The van der Waals surface area contributed by atoms with Gasteiger partial charge in [0.15, 0.2) is 5.13 Å². The average Bonchev–Trinajstić information content (AvgIpc) is 3.19. The van der Waals surface area contributed by atoms with Gasteiger partial charge in [0.25, 0.3) is 5.91 Å². The van der Waals surface area contributed by atoms with Crippen LogP contribution in [0.1, 0.15) is 27.2 Å². The minimum atomic E-state index is -0.116. The van der Waals surface area contributed by atoms with Crippen LogP contribution >= 0.6 is 11.3 Å². The van der Waals surface area contributed by atoms with Crippen LogP contribution in [0.2, 0.25) is 0 Å². The second kappa shape index (κ2) is 7.78. The van der Waals surface area contributed by atoms with E-state index in [2.05, 4.69) is 39.5 Å². The molecule has 3 aromatic carbocycles. The molecule has 1 N–H and O–H groups in total. The highest BCUT2D eigenvalue weighted by Crippen LogP contribution is 2.24. The highest BCUT2D eigenvalue weighted by molar-refractivity contribution is 7.14. The number of anilines is 1. The van der Waals surface area contributed by atoms with Gasteiger partial charge >= 0.3 is 0 Å². The van der Waals surface area contributed by atoms with E-state index < -0.39 is 0 Å². The number of benzene rings is 3. The fourth-order valence-electron chi connectivity index (χ4n) is 3.94. The zero-order valence-electron chi connectivity index (χ0n) is 16.0. The van der Waals surface area contributed by atoms with Crippen molar-refractivity contribution in [3.05, 3.63) is 94.5 Å². The lowest BCUT2D eigenvalue weighted by molar-refractivity contribution is 0.102. The number of carbonyl (C=O) groups is 1. The Balaban J connectivity index is 1.28. The van der Waals surface area contributed by atoms with Crippen LogP contribution < -0.4 is 5.32 Å². The molecule has 0 saturated carbocycles. The normalized spacial score (nSPS) is 13.9. The topological polar surface area (TPSA) is 45.2 Å². The molecule has 144 valence electrons. The summed E-state index contributed by atoms with van der Waals surface area (Å²) >= 11 is 1.48. The van der Waals surface area contributed by atoms with E-state index in [0.29, 0.717) is 10.7 Å². The molecular formula is C24H21N3OS. The van der Waals surface area contributed by atoms with E-state index in [0.717, 1.165) is 42.5 Å². The molecule has 0 bridgehead atoms. The lowest BCUT2D eigenvalue weighted by Crippen LogP contribution is -2.30. The number of fused-ring (bicyclic) bond motifs is 2. The second-order valence-electron chi connectivity index (χ2n) is 7.35. The van der Waals surface area contributed by atoms with E-state index in [4.69, 9.17) is 0 Å². The zero-order valence-corrected chi connectivity index (χ0v) is 16.8. The molecule has 0 atom stereocenters. The summed E-state index contributed by atoms with van der Waals surface area (Å²) in [6.45, 7) is 2.78. The van der Waals surface area contributed by atoms with E-state index in [1.807, 2.05) is 47.8 Å². The number of aromatic nitrogens is 1. The Kier molecular flexibility index (Phi) is 4.84. The summed E-state index contributed by atoms with van der Waals surface area (Å²) in [5.41, 5.74) is 4.53. The van der Waals surface area contributed by atoms with Crippen LogP contribution in [-0.4, -0.2) is 22.3 Å². The van der Waals surface area contributed by atoms with E-state index >= 15 is 0 Å². The molecule has 0 spiro atoms. The van der Waals surface area contributed by atoms with Gasteiger partial charge in [-0.1, -0.05) is 60.7 Å². The molecule has 4 aromatic rings. The Morgan fingerprint density at radius 1 is 1.00 bits per heavy atom. The minimum Gasteiger partial charge on any atom is -0.298 e. The van der Waals surface area contributed by atoms with Crippen LogP contribution in [0.5, 0.6) is 0 Å². The first-order chi connectivity index (χ1) is 14.3. The number of nitrogens with one attached hydrogen (secondary N) is 1. The average molecular weight is 400 g/mol. The molecule has 1 amide bonds. The highest BCUT2D eigenvalue weighted by Gasteiger charge is 2.17. The second-order valence-corrected chi connectivity index (χ2v) is 8.21. The fraction of sp³-hybridized carbons (Fsp3) is 0.167. The molecule has 1 aliphatic heterocycles. The minimum absolute atomic E-state index is 0.116. The van der Waals surface area contributed by atoms with Gasteiger partial charge in [-0.25, -0.2) is 4.98 Å². The fourth-order valence-corrected chi connectivity index (χ4v) is 4.64. The Hall–Kier alpha value is -3.02. The quantitative estimate of drug-likeness (QED) is 0.519. The van der Waals surface area contributed by atoms with Gasteiger partial charge < -0.3 is 0 Å². The number of nitrogens with zero attached hydrogens (tertiary/aromatic N) is 2. The van der Waals surface area contributed by atoms with Crippen molar-refractivity contribution < 1.29 is 4.79 Å². The van der Waals surface area contributed by atoms with E-state index in [1.54, 1.807) is 0 Å². The Morgan fingerprint density at radius 3 is 2.72 bits per heavy atom. The van der Waals surface area contributed by atoms with Crippen LogP contribution in [0.15, 0.2) is 72.1 Å². The van der Waals surface area contributed by atoms with Crippen LogP contribution in [0.3, 0.4) is 0 Å². The summed E-state index contributed by atoms with van der Waals surface area (Å²) in [6, 6.07) is 22.4. The standard InChI is InChI=1S/C24H21N3OS/c28-23(22-11-5-9-18-7-3-4-10-21(18)22)26-24-25-20(16-29-24)15-27-13-12-17-6-1-2-8-19(17)14-27/h1-11,16H,12-15H2,(H,25,26,28). The summed E-state index contributed by atoms with van der Waals surface area (Å²) < 4.78 is 0. The molecule has 2 heterocycles. The first kappa shape index (κ1) is 18.0. The molecule has 1 aromatic heterocycles. The van der Waals surface area contributed by atoms with Crippen molar-refractivity contribution in [2.45, 2.75) is 19.5 Å². The van der Waals surface area contributed by atoms with Gasteiger partial charge in [-0.05, 0) is 34.4 Å². The summed E-state index contributed by atoms with van der Waals surface area (Å²) in [4.78, 5) is 19.9. The van der Waals surface area contributed by atoms with Gasteiger partial charge in [0.05, 0.1) is 5.69 Å². The molecule has 0 unspecified atom stereocenters. The summed E-state index contributed by atoms with van der Waals surface area (Å²) in [5, 5.41) is 7.68. The van der Waals surface area contributed by atoms with Crippen molar-refractivity contribution in [2.75, 3.05) is 11.9 Å². The third-order valence-electron chi connectivity index (χ3n) is 5.40. The molecule has 5 heteroatoms. The van der Waals surface area contributed by atoms with Crippen molar-refractivity contribution in [3.8, 4) is 0 Å². The SMILES string of the molecule is O=C(Nc1nc(CN2CCc3ccccc3C2)cs1)c1cccc2ccccc12. The van der Waals surface area contributed by atoms with E-state index in [9.17, 15) is 4.79 Å². The number of amides is 1. The van der Waals surface area contributed by atoms with Gasteiger partial charge in [-0.2, -0.15) is 0 Å². The molecule has 0 saturated heterocycles. The van der Waals surface area contributed by atoms with E-state index in [1.165, 1.54) is 22.5 Å². The van der Waals surface area contributed by atoms with Crippen molar-refractivity contribution in [2.24, 2.45) is 0 Å². The van der Waals surface area contributed by atoms with Crippen LogP contribution in [0.4, 0.5) is 5.13 Å². The first-order valence-corrected chi connectivity index (χ1v) is 10.7. The molecule has 29 heavy (non-hydrogen) atoms. The molecule has 0 aliphatic carbocycles. The summed E-state index contributed by atoms with van der Waals surface area (Å²) in [5.74, 6) is -0.116. The molecule has 0 radical (unpaired) electrons. The van der Waals surface area contributed by atoms with Gasteiger partial charge in [0.1, 0.15) is 0 Å². The third-order valence-corrected chi connectivity index (χ3v) is 6.21. The maximum atomic E-state index is 12.8. The Morgan fingerprint density at radius 2 is 1.79 bits per heavy atom. The third kappa shape index (κ3) is 3.79. The maximum Gasteiger partial charge on any atom is 0.258 e. The number of thiazole rings is 1. The highest BCUT2D eigenvalue weighted by atomic mass is 32.1. The van der Waals surface area contributed by atoms with Crippen molar-refractivity contribution in [1.29, 1.82) is 0 Å². The monoisotopic (exact) mass is 399 g/mol. The molecule has 4 nitrogen and oxygen atoms in total. The van der Waals surface area contributed by atoms with Crippen LogP contribution in [0.25, 0.3) is 10.8 Å². The summed E-state index contributed by atoms with van der Waals surface area (Å²) in [6.07, 6.45) is 1.07. The number of rotatable bonds is 4. The van der Waals surface area contributed by atoms with Crippen LogP contribution in [0, 0.1) is 0 Å². The zero-order chi connectivity index (χ0) is 19.6. The van der Waals surface area contributed by atoms with Crippen molar-refractivity contribution in [1.82, 2.24) is 9.88 Å². The van der Waals surface area contributed by atoms with Gasteiger partial charge in [0.2, 0.25) is 0 Å². The van der Waals surface area contributed by atoms with E-state index in [-0.39, 0.29) is 5.91 Å². The van der Waals surface area contributed by atoms with Crippen molar-refractivity contribution in [3.63, 3.8) is 0 Å². The molecule has 0 fully saturated rings. The first-order valence-electron chi connectivity index (χ1n) is 9.79. The number of hydrogen-bond acceptors (Lipinski definition) is 4. The summed E-state index contributed by atoms with van der Waals surface area (Å²) in [7, 11) is 0. The smallest absolute Gasteiger partial charge is 0.258 e. The Labute approximate surface area is 173 Å². The van der Waals surface area contributed by atoms with Crippen molar-refractivity contribution >= 4 is 33.1 Å². The molecular weight excluding hydrogens is 378 g/mol. The molecule has 1 aliphatic rings. The maximum absolute atomic E-state index is 12.8. The number of carbonyl (C=O) groups excluding carboxylic acids is 1. The molecule has 5 rings (SSSR count). The van der Waals surface area contributed by atoms with Gasteiger partial charge in [0, 0.05) is 30.6 Å². The lowest BCUT2D eigenvalue weighted by atomic mass is 10.00. The predicted octanol–water partition coefficient (Wildman–Crippen LogP) is 5.11. The lowest BCUT2D eigenvalue weighted by Gasteiger charge is -2.27. The Bertz CT molecular complexity index is 1180. The largest absolute Gasteiger partial charge is 0.298 e.